The maximum atomic E-state index is 8.78. The van der Waals surface area contributed by atoms with Crippen LogP contribution in [-0.4, -0.2) is 27.3 Å². The molecule has 48 valence electrons. The van der Waals surface area contributed by atoms with Crippen molar-refractivity contribution in [3.8, 4) is 0 Å². The van der Waals surface area contributed by atoms with Crippen LogP contribution in [0.4, 0.5) is 0 Å². The van der Waals surface area contributed by atoms with E-state index < -0.39 is 0 Å². The largest absolute Gasteiger partial charge is 0.394 e. The van der Waals surface area contributed by atoms with Crippen LogP contribution in [0.2, 0.25) is 0 Å². The first kappa shape index (κ1) is 6.78. The zero-order valence-electron chi connectivity index (χ0n) is 4.89. The molecule has 0 atom stereocenters. The van der Waals surface area contributed by atoms with E-state index in [4.69, 9.17) is 5.11 Å². The Hall–Kier alpha value is 0.660. The smallest absolute Gasteiger partial charge is 0.0813 e. The summed E-state index contributed by atoms with van der Waals surface area (Å²) in [6.45, 7) is 2.40. The number of hydrogen-bond donors (Lipinski definition) is 1. The van der Waals surface area contributed by atoms with Crippen molar-refractivity contribution in [1.29, 1.82) is 0 Å². The maximum Gasteiger partial charge on any atom is 0.0813 e. The average Bonchev–Trinajstić information content (AvgIpc) is 2.17. The molecule has 8 heavy (non-hydrogen) atoms. The summed E-state index contributed by atoms with van der Waals surface area (Å²) < 4.78 is 0.125. The van der Waals surface area contributed by atoms with E-state index in [9.17, 15) is 0 Å². The van der Waals surface area contributed by atoms with Gasteiger partial charge in [-0.2, -0.15) is 0 Å². The van der Waals surface area contributed by atoms with Crippen molar-refractivity contribution < 1.29 is 5.11 Å². The van der Waals surface area contributed by atoms with E-state index in [1.54, 1.807) is 0 Å². The predicted octanol–water partition coefficient (Wildman–Crippen LogP) is 1.17. The van der Waals surface area contributed by atoms with Gasteiger partial charge in [-0.15, -0.1) is 23.5 Å². The van der Waals surface area contributed by atoms with Gasteiger partial charge in [0.2, 0.25) is 0 Å². The molecule has 1 saturated heterocycles. The Balaban J connectivity index is 2.40. The van der Waals surface area contributed by atoms with Gasteiger partial charge in [-0.3, -0.25) is 0 Å². The summed E-state index contributed by atoms with van der Waals surface area (Å²) in [7, 11) is 0. The molecule has 1 N–H and O–H groups in total. The first-order valence-electron chi connectivity index (χ1n) is 2.66. The predicted molar refractivity (Wildman–Crippen MR) is 40.4 cm³/mol. The molecule has 0 aromatic rings. The molecule has 0 bridgehead atoms. The summed E-state index contributed by atoms with van der Waals surface area (Å²) >= 11 is 3.72. The Morgan fingerprint density at radius 3 is 2.25 bits per heavy atom. The summed E-state index contributed by atoms with van der Waals surface area (Å²) in [5.41, 5.74) is 0. The number of hydrogen-bond acceptors (Lipinski definition) is 3. The van der Waals surface area contributed by atoms with Crippen LogP contribution in [0.25, 0.3) is 0 Å². The van der Waals surface area contributed by atoms with Crippen LogP contribution in [0.3, 0.4) is 0 Å². The van der Waals surface area contributed by atoms with E-state index in [0.29, 0.717) is 6.61 Å². The van der Waals surface area contributed by atoms with Crippen LogP contribution >= 0.6 is 23.5 Å². The molecule has 0 saturated carbocycles. The minimum absolute atomic E-state index is 0.125. The molecule has 1 aliphatic rings. The lowest BCUT2D eigenvalue weighted by atomic mass is 10.5. The molecule has 1 rings (SSSR count). The Morgan fingerprint density at radius 2 is 2.00 bits per heavy atom. The Bertz CT molecular complexity index is 78.5. The highest BCUT2D eigenvalue weighted by Crippen LogP contribution is 2.42. The number of aliphatic hydroxyl groups excluding tert-OH is 1. The van der Waals surface area contributed by atoms with Crippen molar-refractivity contribution in [2.45, 2.75) is 11.0 Å². The molecule has 0 radical (unpaired) electrons. The third-order valence-corrected chi connectivity index (χ3v) is 4.45. The molecule has 0 amide bonds. The topological polar surface area (TPSA) is 20.2 Å². The Labute approximate surface area is 58.2 Å². The third kappa shape index (κ3) is 1.33. The molecule has 0 aromatic heterocycles. The van der Waals surface area contributed by atoms with Crippen molar-refractivity contribution in [2.75, 3.05) is 18.1 Å². The lowest BCUT2D eigenvalue weighted by molar-refractivity contribution is 0.291. The van der Waals surface area contributed by atoms with E-state index in [0.717, 1.165) is 0 Å². The summed E-state index contributed by atoms with van der Waals surface area (Å²) in [6, 6.07) is 0. The van der Waals surface area contributed by atoms with Gasteiger partial charge >= 0.3 is 0 Å². The highest BCUT2D eigenvalue weighted by molar-refractivity contribution is 8.21. The quantitative estimate of drug-likeness (QED) is 0.606. The van der Waals surface area contributed by atoms with Gasteiger partial charge in [-0.25, -0.2) is 0 Å². The van der Waals surface area contributed by atoms with Crippen LogP contribution in [0, 0.1) is 0 Å². The molecule has 0 aromatic carbocycles. The second-order valence-electron chi connectivity index (χ2n) is 1.99. The zero-order chi connectivity index (χ0) is 6.04. The fraction of sp³-hybridized carbons (Fsp3) is 1.00. The fourth-order valence-electron chi connectivity index (χ4n) is 0.648. The van der Waals surface area contributed by atoms with Crippen LogP contribution < -0.4 is 0 Å². The van der Waals surface area contributed by atoms with Gasteiger partial charge in [-0.05, 0) is 6.92 Å². The van der Waals surface area contributed by atoms with Gasteiger partial charge in [0.05, 0.1) is 10.7 Å². The van der Waals surface area contributed by atoms with Crippen molar-refractivity contribution in [3.63, 3.8) is 0 Å². The summed E-state index contributed by atoms with van der Waals surface area (Å²) in [5, 5.41) is 8.78. The van der Waals surface area contributed by atoms with E-state index in [2.05, 4.69) is 6.92 Å². The zero-order valence-corrected chi connectivity index (χ0v) is 6.52. The lowest BCUT2D eigenvalue weighted by Crippen LogP contribution is -2.16. The van der Waals surface area contributed by atoms with Gasteiger partial charge < -0.3 is 5.11 Å². The molecular weight excluding hydrogens is 140 g/mol. The van der Waals surface area contributed by atoms with E-state index >= 15 is 0 Å². The molecule has 1 aliphatic heterocycles. The molecule has 3 heteroatoms. The third-order valence-electron chi connectivity index (χ3n) is 1.19. The summed E-state index contributed by atoms with van der Waals surface area (Å²) in [6.07, 6.45) is 0. The van der Waals surface area contributed by atoms with Crippen molar-refractivity contribution in [2.24, 2.45) is 0 Å². The molecule has 0 unspecified atom stereocenters. The van der Waals surface area contributed by atoms with Crippen molar-refractivity contribution >= 4 is 23.5 Å². The van der Waals surface area contributed by atoms with E-state index in [1.165, 1.54) is 11.5 Å². The SMILES string of the molecule is CC1(CO)SCCS1. The molecule has 1 fully saturated rings. The van der Waals surface area contributed by atoms with Crippen molar-refractivity contribution in [1.82, 2.24) is 0 Å². The van der Waals surface area contributed by atoms with Gasteiger partial charge in [0.15, 0.2) is 0 Å². The number of thioether (sulfide) groups is 2. The monoisotopic (exact) mass is 150 g/mol. The van der Waals surface area contributed by atoms with Crippen LogP contribution in [0.1, 0.15) is 6.92 Å². The Kier molecular flexibility index (Phi) is 2.12. The molecular formula is C5H10OS2. The maximum absolute atomic E-state index is 8.78. The first-order chi connectivity index (χ1) is 3.77. The second-order valence-corrected chi connectivity index (χ2v) is 5.44. The highest BCUT2D eigenvalue weighted by atomic mass is 32.2. The van der Waals surface area contributed by atoms with Gasteiger partial charge in [0.1, 0.15) is 0 Å². The molecule has 1 nitrogen and oxygen atoms in total. The van der Waals surface area contributed by atoms with Gasteiger partial charge in [0.25, 0.3) is 0 Å². The molecule has 0 spiro atoms. The fourth-order valence-corrected chi connectivity index (χ4v) is 3.19. The number of aliphatic hydroxyl groups is 1. The average molecular weight is 150 g/mol. The lowest BCUT2D eigenvalue weighted by Gasteiger charge is -2.16. The van der Waals surface area contributed by atoms with Crippen LogP contribution in [0.15, 0.2) is 0 Å². The van der Waals surface area contributed by atoms with Crippen LogP contribution in [-0.2, 0) is 0 Å². The first-order valence-corrected chi connectivity index (χ1v) is 4.63. The number of rotatable bonds is 1. The standard InChI is InChI=1S/C5H10OS2/c1-5(4-6)7-2-3-8-5/h6H,2-4H2,1H3. The summed E-state index contributed by atoms with van der Waals surface area (Å²) in [5.74, 6) is 2.39. The molecule has 0 aliphatic carbocycles. The molecule has 1 heterocycles. The van der Waals surface area contributed by atoms with E-state index in [-0.39, 0.29) is 4.08 Å². The van der Waals surface area contributed by atoms with E-state index in [1.807, 2.05) is 23.5 Å². The minimum atomic E-state index is 0.125. The van der Waals surface area contributed by atoms with Gasteiger partial charge in [-0.1, -0.05) is 0 Å². The highest BCUT2D eigenvalue weighted by Gasteiger charge is 2.28. The van der Waals surface area contributed by atoms with Crippen LogP contribution in [0.5, 0.6) is 0 Å². The normalized spacial score (nSPS) is 26.2. The second kappa shape index (κ2) is 2.50. The summed E-state index contributed by atoms with van der Waals surface area (Å²) in [4.78, 5) is 0. The Morgan fingerprint density at radius 1 is 1.50 bits per heavy atom. The minimum Gasteiger partial charge on any atom is -0.394 e. The van der Waals surface area contributed by atoms with Gasteiger partial charge in [0, 0.05) is 11.5 Å². The van der Waals surface area contributed by atoms with Crippen molar-refractivity contribution in [3.05, 3.63) is 0 Å².